The zero-order valence-corrected chi connectivity index (χ0v) is 20.7. The Labute approximate surface area is 206 Å². The Morgan fingerprint density at radius 2 is 1.68 bits per heavy atom. The molecule has 34 heavy (non-hydrogen) atoms. The number of benzene rings is 3. The largest absolute Gasteiger partial charge is 0.339 e. The van der Waals surface area contributed by atoms with E-state index in [0.29, 0.717) is 13.1 Å². The molecule has 0 aliphatic carbocycles. The molecule has 4 aromatic rings. The normalized spacial score (nSPS) is 19.7. The van der Waals surface area contributed by atoms with Gasteiger partial charge in [0.1, 0.15) is 16.0 Å². The Hall–Kier alpha value is -2.87. The lowest BCUT2D eigenvalue weighted by Crippen LogP contribution is -2.45. The molecule has 0 N–H and O–H groups in total. The molecule has 5 nitrogen and oxygen atoms in total. The summed E-state index contributed by atoms with van der Waals surface area (Å²) in [5, 5.41) is 0.930. The summed E-state index contributed by atoms with van der Waals surface area (Å²) in [4.78, 5) is 20.7. The van der Waals surface area contributed by atoms with E-state index in [-0.39, 0.29) is 17.9 Å². The minimum absolute atomic E-state index is 0.0147. The molecule has 1 aliphatic rings. The summed E-state index contributed by atoms with van der Waals surface area (Å²) in [6.45, 7) is 0.947. The quantitative estimate of drug-likeness (QED) is 0.363. The average molecular weight is 490 g/mol. The lowest BCUT2D eigenvalue weighted by atomic mass is 9.90. The van der Waals surface area contributed by atoms with E-state index < -0.39 is 11.0 Å². The van der Waals surface area contributed by atoms with Crippen molar-refractivity contribution in [2.45, 2.75) is 30.3 Å². The number of para-hydroxylation sites is 1. The molecule has 3 aromatic carbocycles. The Bertz CT molecular complexity index is 1260. The minimum atomic E-state index is -1.35. The summed E-state index contributed by atoms with van der Waals surface area (Å²) < 4.78 is 16.7. The maximum Gasteiger partial charge on any atom is 0.227 e. The van der Waals surface area contributed by atoms with Gasteiger partial charge in [0.05, 0.1) is 27.6 Å². The van der Waals surface area contributed by atoms with E-state index in [1.807, 2.05) is 78.1 Å². The van der Waals surface area contributed by atoms with E-state index in [9.17, 15) is 9.00 Å². The Kier molecular flexibility index (Phi) is 6.85. The van der Waals surface area contributed by atoms with Crippen LogP contribution in [-0.2, 0) is 22.3 Å². The predicted molar refractivity (Wildman–Crippen MR) is 138 cm³/mol. The number of piperidine rings is 1. The van der Waals surface area contributed by atoms with Gasteiger partial charge < -0.3 is 4.90 Å². The van der Waals surface area contributed by atoms with Crippen LogP contribution in [0.3, 0.4) is 0 Å². The summed E-state index contributed by atoms with van der Waals surface area (Å²) >= 11 is 1.63. The molecule has 174 valence electrons. The summed E-state index contributed by atoms with van der Waals surface area (Å²) in [5.74, 6) is -0.118. The van der Waals surface area contributed by atoms with E-state index in [0.717, 1.165) is 38.5 Å². The van der Waals surface area contributed by atoms with Gasteiger partial charge >= 0.3 is 0 Å². The third-order valence-electron chi connectivity index (χ3n) is 6.31. The van der Waals surface area contributed by atoms with Crippen LogP contribution in [0.2, 0.25) is 0 Å². The third-order valence-corrected chi connectivity index (χ3v) is 8.84. The first-order valence-corrected chi connectivity index (χ1v) is 13.4. The number of hydrogen-bond donors (Lipinski definition) is 0. The standard InChI is InChI=1S/C27H27N3O2S2/c1-29(19-26-28-23-14-8-9-15-25(23)33-26)27(31)21-16-17-24(20-10-4-2-5-11-20)30(18-21)34(32)22-12-6-3-7-13-22/h2-15,21,24H,16-19H2,1H3. The molecule has 1 aliphatic heterocycles. The molecular formula is C27H27N3O2S2. The number of amides is 1. The number of nitrogens with zero attached hydrogens (tertiary/aromatic N) is 3. The van der Waals surface area contributed by atoms with Crippen LogP contribution in [0.15, 0.2) is 89.8 Å². The fraction of sp³-hybridized carbons (Fsp3) is 0.259. The lowest BCUT2D eigenvalue weighted by molar-refractivity contribution is -0.136. The van der Waals surface area contributed by atoms with Crippen LogP contribution in [0.4, 0.5) is 0 Å². The summed E-state index contributed by atoms with van der Waals surface area (Å²) in [5.41, 5.74) is 2.11. The molecule has 1 fully saturated rings. The van der Waals surface area contributed by atoms with Crippen molar-refractivity contribution in [3.8, 4) is 0 Å². The van der Waals surface area contributed by atoms with E-state index in [1.54, 1.807) is 16.2 Å². The molecule has 2 heterocycles. The van der Waals surface area contributed by atoms with Crippen LogP contribution in [0, 0.1) is 5.92 Å². The highest BCUT2D eigenvalue weighted by Crippen LogP contribution is 2.36. The van der Waals surface area contributed by atoms with Gasteiger partial charge in [-0.1, -0.05) is 60.7 Å². The van der Waals surface area contributed by atoms with Crippen molar-refractivity contribution in [3.05, 3.63) is 95.5 Å². The van der Waals surface area contributed by atoms with Crippen molar-refractivity contribution in [1.82, 2.24) is 14.2 Å². The van der Waals surface area contributed by atoms with Gasteiger partial charge in [0, 0.05) is 19.6 Å². The SMILES string of the molecule is CN(Cc1nc2ccccc2s1)C(=O)C1CCC(c2ccccc2)N(S(=O)c2ccccc2)C1. The van der Waals surface area contributed by atoms with Crippen molar-refractivity contribution in [2.75, 3.05) is 13.6 Å². The van der Waals surface area contributed by atoms with Crippen LogP contribution in [0.25, 0.3) is 10.2 Å². The van der Waals surface area contributed by atoms with Crippen LogP contribution < -0.4 is 0 Å². The predicted octanol–water partition coefficient (Wildman–Crippen LogP) is 5.43. The molecule has 5 rings (SSSR count). The highest BCUT2D eigenvalue weighted by molar-refractivity contribution is 7.82. The maximum absolute atomic E-state index is 13.6. The minimum Gasteiger partial charge on any atom is -0.339 e. The Morgan fingerprint density at radius 1 is 1.00 bits per heavy atom. The number of aromatic nitrogens is 1. The molecule has 0 saturated carbocycles. The fourth-order valence-electron chi connectivity index (χ4n) is 4.58. The molecule has 0 spiro atoms. The zero-order valence-electron chi connectivity index (χ0n) is 19.0. The van der Waals surface area contributed by atoms with Crippen LogP contribution in [0.5, 0.6) is 0 Å². The number of carbonyl (C=O) groups is 1. The van der Waals surface area contributed by atoms with E-state index >= 15 is 0 Å². The molecule has 0 bridgehead atoms. The third kappa shape index (κ3) is 4.82. The van der Waals surface area contributed by atoms with Gasteiger partial charge in [-0.15, -0.1) is 11.3 Å². The Balaban J connectivity index is 1.35. The summed E-state index contributed by atoms with van der Waals surface area (Å²) in [7, 11) is 0.496. The number of carbonyl (C=O) groups excluding carboxylic acids is 1. The number of thiazole rings is 1. The first-order valence-electron chi connectivity index (χ1n) is 11.5. The van der Waals surface area contributed by atoms with Crippen molar-refractivity contribution < 1.29 is 9.00 Å². The molecule has 7 heteroatoms. The molecule has 1 aromatic heterocycles. The van der Waals surface area contributed by atoms with Gasteiger partial charge in [-0.05, 0) is 42.7 Å². The van der Waals surface area contributed by atoms with Crippen LogP contribution >= 0.6 is 11.3 Å². The second kappa shape index (κ2) is 10.2. The van der Waals surface area contributed by atoms with Crippen molar-refractivity contribution in [1.29, 1.82) is 0 Å². The lowest BCUT2D eigenvalue weighted by Gasteiger charge is -2.39. The molecule has 3 atom stereocenters. The molecule has 1 saturated heterocycles. The highest BCUT2D eigenvalue weighted by atomic mass is 32.2. The fourth-order valence-corrected chi connectivity index (χ4v) is 7.04. The first-order chi connectivity index (χ1) is 16.6. The summed E-state index contributed by atoms with van der Waals surface area (Å²) in [6, 6.07) is 27.8. The molecular weight excluding hydrogens is 462 g/mol. The van der Waals surface area contributed by atoms with Gasteiger partial charge in [-0.2, -0.15) is 0 Å². The monoisotopic (exact) mass is 489 g/mol. The van der Waals surface area contributed by atoms with Gasteiger partial charge in [0.15, 0.2) is 0 Å². The average Bonchev–Trinajstić information content (AvgIpc) is 3.30. The number of hydrogen-bond acceptors (Lipinski definition) is 4. The van der Waals surface area contributed by atoms with Crippen molar-refractivity contribution >= 4 is 38.4 Å². The van der Waals surface area contributed by atoms with Gasteiger partial charge in [-0.3, -0.25) is 4.79 Å². The van der Waals surface area contributed by atoms with Crippen LogP contribution in [0.1, 0.15) is 29.5 Å². The van der Waals surface area contributed by atoms with Gasteiger partial charge in [-0.25, -0.2) is 13.5 Å². The summed E-state index contributed by atoms with van der Waals surface area (Å²) in [6.07, 6.45) is 1.55. The van der Waals surface area contributed by atoms with E-state index in [1.165, 1.54) is 0 Å². The number of fused-ring (bicyclic) bond motifs is 1. The molecule has 0 radical (unpaired) electrons. The van der Waals surface area contributed by atoms with E-state index in [2.05, 4.69) is 23.2 Å². The van der Waals surface area contributed by atoms with Crippen molar-refractivity contribution in [3.63, 3.8) is 0 Å². The molecule has 3 unspecified atom stereocenters. The van der Waals surface area contributed by atoms with Gasteiger partial charge in [0.25, 0.3) is 0 Å². The zero-order chi connectivity index (χ0) is 23.5. The van der Waals surface area contributed by atoms with Crippen molar-refractivity contribution in [2.24, 2.45) is 5.92 Å². The second-order valence-corrected chi connectivity index (χ2v) is 11.2. The highest BCUT2D eigenvalue weighted by Gasteiger charge is 2.37. The smallest absolute Gasteiger partial charge is 0.227 e. The second-order valence-electron chi connectivity index (χ2n) is 8.63. The van der Waals surface area contributed by atoms with E-state index in [4.69, 9.17) is 0 Å². The van der Waals surface area contributed by atoms with Crippen LogP contribution in [-0.4, -0.2) is 37.9 Å². The number of rotatable bonds is 6. The van der Waals surface area contributed by atoms with Gasteiger partial charge in [0.2, 0.25) is 5.91 Å². The first kappa shape index (κ1) is 22.9. The maximum atomic E-state index is 13.6. The Morgan fingerprint density at radius 3 is 2.41 bits per heavy atom. The molecule has 1 amide bonds. The topological polar surface area (TPSA) is 53.5 Å².